The second kappa shape index (κ2) is 8.86. The van der Waals surface area contributed by atoms with Crippen LogP contribution in [0.5, 0.6) is 5.75 Å². The van der Waals surface area contributed by atoms with Gasteiger partial charge in [0.1, 0.15) is 12.3 Å². The molecule has 0 atom stereocenters. The molecule has 8 nitrogen and oxygen atoms in total. The Kier molecular flexibility index (Phi) is 6.09. The molecule has 0 aliphatic carbocycles. The van der Waals surface area contributed by atoms with E-state index in [2.05, 4.69) is 10.1 Å². The zero-order valence-corrected chi connectivity index (χ0v) is 18.4. The highest BCUT2D eigenvalue weighted by molar-refractivity contribution is 8.18. The number of thioether (sulfide) groups is 1. The van der Waals surface area contributed by atoms with Crippen LogP contribution in [0.2, 0.25) is 0 Å². The number of benzene rings is 2. The molecule has 0 bridgehead atoms. The lowest BCUT2D eigenvalue weighted by atomic mass is 10.1. The number of phenols is 1. The van der Waals surface area contributed by atoms with Crippen molar-refractivity contribution in [1.82, 2.24) is 14.7 Å². The number of carbonyl (C=O) groups excluding carboxylic acids is 1. The number of nitrogens with zero attached hydrogens (tertiary/aromatic N) is 4. The molecule has 176 valence electrons. The number of rotatable bonds is 5. The van der Waals surface area contributed by atoms with Crippen LogP contribution in [0.15, 0.2) is 52.5 Å². The van der Waals surface area contributed by atoms with Crippen molar-refractivity contribution in [2.45, 2.75) is 12.7 Å². The minimum absolute atomic E-state index is 0.0374. The first-order valence-electron chi connectivity index (χ1n) is 9.81. The molecular formula is C22H17F3N4O4S. The molecule has 1 aliphatic rings. The predicted octanol–water partition coefficient (Wildman–Crippen LogP) is 3.80. The molecule has 2 N–H and O–H groups in total. The highest BCUT2D eigenvalue weighted by Crippen LogP contribution is 2.35. The molecule has 0 unspecified atom stereocenters. The van der Waals surface area contributed by atoms with Crippen molar-refractivity contribution in [3.63, 3.8) is 0 Å². The lowest BCUT2D eigenvalue weighted by molar-refractivity contribution is -0.138. The molecule has 12 heteroatoms. The molecule has 0 radical (unpaired) electrons. The van der Waals surface area contributed by atoms with Gasteiger partial charge < -0.3 is 15.1 Å². The summed E-state index contributed by atoms with van der Waals surface area (Å²) in [6, 6.07) is 8.21. The van der Waals surface area contributed by atoms with Crippen LogP contribution in [-0.4, -0.2) is 55.5 Å². The summed E-state index contributed by atoms with van der Waals surface area (Å²) in [5.41, 5.74) is 0.273. The summed E-state index contributed by atoms with van der Waals surface area (Å²) in [6.45, 7) is -0.449. The second-order valence-electron chi connectivity index (χ2n) is 7.52. The quantitative estimate of drug-likeness (QED) is 0.524. The predicted molar refractivity (Wildman–Crippen MR) is 120 cm³/mol. The number of aliphatic carboxylic acids is 1. The highest BCUT2D eigenvalue weighted by atomic mass is 32.2. The Balaban J connectivity index is 1.57. The number of likely N-dealkylation sites (N-methyl/N-ethyl adjacent to an activating group) is 1. The van der Waals surface area contributed by atoms with E-state index in [0.29, 0.717) is 27.4 Å². The van der Waals surface area contributed by atoms with Crippen LogP contribution in [0.4, 0.5) is 13.2 Å². The Bertz CT molecular complexity index is 1360. The van der Waals surface area contributed by atoms with Gasteiger partial charge in [-0.3, -0.25) is 14.3 Å². The van der Waals surface area contributed by atoms with Crippen LogP contribution in [-0.2, 0) is 22.3 Å². The van der Waals surface area contributed by atoms with Gasteiger partial charge in [0, 0.05) is 12.4 Å². The van der Waals surface area contributed by atoms with E-state index in [0.717, 1.165) is 11.8 Å². The van der Waals surface area contributed by atoms with E-state index < -0.39 is 29.4 Å². The molecule has 4 rings (SSSR count). The number of halogens is 3. The molecule has 34 heavy (non-hydrogen) atoms. The molecule has 3 aromatic rings. The molecule has 2 aromatic carbocycles. The van der Waals surface area contributed by atoms with Gasteiger partial charge in [-0.1, -0.05) is 12.1 Å². The number of hydrogen-bond acceptors (Lipinski definition) is 6. The summed E-state index contributed by atoms with van der Waals surface area (Å²) in [4.78, 5) is 28.6. The van der Waals surface area contributed by atoms with Crippen molar-refractivity contribution in [2.75, 3.05) is 13.6 Å². The van der Waals surface area contributed by atoms with Gasteiger partial charge in [-0.05, 0) is 53.2 Å². The van der Waals surface area contributed by atoms with Crippen LogP contribution >= 0.6 is 11.8 Å². The number of carboxylic acids is 1. The number of alkyl halides is 3. The summed E-state index contributed by atoms with van der Waals surface area (Å²) in [5, 5.41) is 23.5. The smallest absolute Gasteiger partial charge is 0.416 e. The maximum absolute atomic E-state index is 13.4. The molecule has 1 aliphatic heterocycles. The van der Waals surface area contributed by atoms with Gasteiger partial charge in [0.15, 0.2) is 5.17 Å². The lowest BCUT2D eigenvalue weighted by Gasteiger charge is -2.14. The lowest BCUT2D eigenvalue weighted by Crippen LogP contribution is -2.29. The second-order valence-corrected chi connectivity index (χ2v) is 8.53. The zero-order chi connectivity index (χ0) is 24.6. The molecule has 1 aromatic heterocycles. The third-order valence-corrected chi connectivity index (χ3v) is 6.09. The third-order valence-electron chi connectivity index (χ3n) is 4.99. The summed E-state index contributed by atoms with van der Waals surface area (Å²) >= 11 is 1.06. The molecule has 0 saturated carbocycles. The van der Waals surface area contributed by atoms with Gasteiger partial charge in [0.05, 0.1) is 28.7 Å². The topological polar surface area (TPSA) is 108 Å². The average Bonchev–Trinajstić information content (AvgIpc) is 3.31. The van der Waals surface area contributed by atoms with E-state index in [9.17, 15) is 27.9 Å². The first-order valence-corrected chi connectivity index (χ1v) is 10.6. The van der Waals surface area contributed by atoms with E-state index in [1.165, 1.54) is 35.0 Å². The van der Waals surface area contributed by atoms with Gasteiger partial charge in [-0.2, -0.15) is 23.3 Å². The van der Waals surface area contributed by atoms with Crippen LogP contribution in [0.1, 0.15) is 16.7 Å². The van der Waals surface area contributed by atoms with Gasteiger partial charge in [-0.25, -0.2) is 0 Å². The monoisotopic (exact) mass is 490 g/mol. The molecule has 0 spiro atoms. The van der Waals surface area contributed by atoms with Crippen LogP contribution in [0.3, 0.4) is 0 Å². The van der Waals surface area contributed by atoms with E-state index in [1.807, 2.05) is 0 Å². The fraction of sp³-hybridized carbons (Fsp3) is 0.182. The number of fused-ring (bicyclic) bond motifs is 1. The molecule has 1 amide bonds. The standard InChI is InChI=1S/C22H17F3N4O4S/c1-28(11-19(31)32)21-27-20(33)18(34-21)7-12-2-5-17-14(6-12)9-26-29(17)10-13-3-4-15(30)8-16(13)22(23,24)25/h2-9,30H,10-11H2,1H3,(H,31,32)/b18-7-. The molecule has 0 saturated heterocycles. The normalized spacial score (nSPS) is 15.2. The SMILES string of the molecule is CN(CC(=O)O)C1=NC(=O)/C(=C/c2ccc3c(cnn3Cc3ccc(O)cc3C(F)(F)F)c2)S1. The number of hydrogen-bond donors (Lipinski definition) is 2. The summed E-state index contributed by atoms with van der Waals surface area (Å²) in [6.07, 6.45) is -1.50. The number of amides is 1. The summed E-state index contributed by atoms with van der Waals surface area (Å²) in [5.74, 6) is -2.01. The fourth-order valence-electron chi connectivity index (χ4n) is 3.43. The first-order chi connectivity index (χ1) is 16.0. The Morgan fingerprint density at radius 1 is 1.24 bits per heavy atom. The van der Waals surface area contributed by atoms with Gasteiger partial charge in [-0.15, -0.1) is 0 Å². The number of carbonyl (C=O) groups is 2. The van der Waals surface area contributed by atoms with Crippen molar-refractivity contribution >= 4 is 45.8 Å². The minimum Gasteiger partial charge on any atom is -0.508 e. The average molecular weight is 490 g/mol. The molecular weight excluding hydrogens is 473 g/mol. The van der Waals surface area contributed by atoms with Crippen molar-refractivity contribution < 1.29 is 33.0 Å². The Morgan fingerprint density at radius 3 is 2.71 bits per heavy atom. The largest absolute Gasteiger partial charge is 0.508 e. The Morgan fingerprint density at radius 2 is 2.00 bits per heavy atom. The van der Waals surface area contributed by atoms with E-state index in [-0.39, 0.29) is 23.8 Å². The number of aromatic nitrogens is 2. The highest BCUT2D eigenvalue weighted by Gasteiger charge is 2.34. The number of phenolic OH excluding ortho intramolecular Hbond substituents is 1. The van der Waals surface area contributed by atoms with Crippen molar-refractivity contribution in [3.8, 4) is 5.75 Å². The third kappa shape index (κ3) is 4.91. The van der Waals surface area contributed by atoms with Crippen LogP contribution < -0.4 is 0 Å². The van der Waals surface area contributed by atoms with E-state index in [1.54, 1.807) is 24.3 Å². The first kappa shape index (κ1) is 23.4. The summed E-state index contributed by atoms with van der Waals surface area (Å²) in [7, 11) is 1.52. The fourth-order valence-corrected chi connectivity index (χ4v) is 4.31. The van der Waals surface area contributed by atoms with Crippen molar-refractivity contribution in [2.24, 2.45) is 4.99 Å². The van der Waals surface area contributed by atoms with Gasteiger partial charge in [0.25, 0.3) is 5.91 Å². The van der Waals surface area contributed by atoms with Crippen LogP contribution in [0, 0.1) is 0 Å². The maximum atomic E-state index is 13.4. The van der Waals surface area contributed by atoms with Crippen LogP contribution in [0.25, 0.3) is 17.0 Å². The maximum Gasteiger partial charge on any atom is 0.416 e. The van der Waals surface area contributed by atoms with E-state index >= 15 is 0 Å². The minimum atomic E-state index is -4.62. The van der Waals surface area contributed by atoms with E-state index in [4.69, 9.17) is 5.11 Å². The Labute approximate surface area is 195 Å². The number of aromatic hydroxyl groups is 1. The molecule has 2 heterocycles. The van der Waals surface area contributed by atoms with Crippen molar-refractivity contribution in [1.29, 1.82) is 0 Å². The number of aliphatic imine (C=N–C) groups is 1. The van der Waals surface area contributed by atoms with Gasteiger partial charge >= 0.3 is 12.1 Å². The number of carboxylic acid groups (broad SMARTS) is 1. The summed E-state index contributed by atoms with van der Waals surface area (Å²) < 4.78 is 41.5. The van der Waals surface area contributed by atoms with Gasteiger partial charge in [0.2, 0.25) is 0 Å². The zero-order valence-electron chi connectivity index (χ0n) is 17.6. The Hall–Kier alpha value is -3.80. The van der Waals surface area contributed by atoms with Crippen molar-refractivity contribution in [3.05, 3.63) is 64.2 Å². The number of amidine groups is 1. The molecule has 0 fully saturated rings.